The van der Waals surface area contributed by atoms with Crippen molar-refractivity contribution in [3.05, 3.63) is 218 Å². The Morgan fingerprint density at radius 3 is 1.29 bits per heavy atom. The highest BCUT2D eigenvalue weighted by Crippen LogP contribution is 2.38. The van der Waals surface area contributed by atoms with E-state index in [9.17, 15) is 0 Å². The number of rotatable bonds is 7. The quantitative estimate of drug-likeness (QED) is 0.163. The minimum absolute atomic E-state index is 0.604. The van der Waals surface area contributed by atoms with Crippen molar-refractivity contribution in [2.75, 3.05) is 0 Å². The Labute approximate surface area is 342 Å². The normalized spacial score (nSPS) is 11.4. The van der Waals surface area contributed by atoms with Gasteiger partial charge in [0, 0.05) is 27.5 Å². The maximum atomic E-state index is 5.31. The van der Waals surface area contributed by atoms with Gasteiger partial charge in [0.2, 0.25) is 0 Å². The van der Waals surface area contributed by atoms with Crippen LogP contribution in [0.2, 0.25) is 0 Å². The van der Waals surface area contributed by atoms with Gasteiger partial charge in [0.05, 0.1) is 16.7 Å². The van der Waals surface area contributed by atoms with Gasteiger partial charge in [-0.05, 0) is 74.5 Å². The molecule has 11 aromatic rings. The highest BCUT2D eigenvalue weighted by Gasteiger charge is 2.20. The second kappa shape index (κ2) is 14.5. The predicted molar refractivity (Wildman–Crippen MR) is 244 cm³/mol. The summed E-state index contributed by atoms with van der Waals surface area (Å²) in [5.74, 6) is 1.83. The van der Waals surface area contributed by atoms with Gasteiger partial charge in [0.15, 0.2) is 17.5 Å². The topological polar surface area (TPSA) is 43.6 Å². The third-order valence-electron chi connectivity index (χ3n) is 11.3. The molecule has 0 N–H and O–H groups in total. The molecule has 0 aliphatic heterocycles. The molecule has 59 heavy (non-hydrogen) atoms. The summed E-state index contributed by atoms with van der Waals surface area (Å²) in [4.78, 5) is 15.8. The molecule has 0 saturated carbocycles. The van der Waals surface area contributed by atoms with Crippen molar-refractivity contribution in [3.63, 3.8) is 0 Å². The van der Waals surface area contributed by atoms with E-state index in [-0.39, 0.29) is 0 Å². The van der Waals surface area contributed by atoms with Crippen molar-refractivity contribution in [3.8, 4) is 73.2 Å². The Morgan fingerprint density at radius 1 is 0.271 bits per heavy atom. The average Bonchev–Trinajstić information content (AvgIpc) is 3.66. The third-order valence-corrected chi connectivity index (χ3v) is 11.3. The number of hydrogen-bond acceptors (Lipinski definition) is 3. The van der Waals surface area contributed by atoms with Crippen LogP contribution in [0, 0.1) is 0 Å². The molecule has 9 aromatic carbocycles. The summed E-state index contributed by atoms with van der Waals surface area (Å²) in [7, 11) is 0. The molecule has 4 heteroatoms. The zero-order valence-corrected chi connectivity index (χ0v) is 32.1. The molecule has 0 atom stereocenters. The monoisotopic (exact) mass is 752 g/mol. The molecule has 4 nitrogen and oxygen atoms in total. The summed E-state index contributed by atoms with van der Waals surface area (Å²) >= 11 is 0. The number of nitrogens with zero attached hydrogens (tertiary/aromatic N) is 4. The molecule has 0 amide bonds. The first-order chi connectivity index (χ1) is 29.2. The lowest BCUT2D eigenvalue weighted by atomic mass is 10.00. The van der Waals surface area contributed by atoms with Crippen LogP contribution in [0.4, 0.5) is 0 Å². The van der Waals surface area contributed by atoms with E-state index in [0.717, 1.165) is 61.2 Å². The minimum atomic E-state index is 0.604. The van der Waals surface area contributed by atoms with Crippen molar-refractivity contribution in [2.24, 2.45) is 0 Å². The predicted octanol–water partition coefficient (Wildman–Crippen LogP) is 14.1. The number of para-hydroxylation sites is 2. The zero-order valence-electron chi connectivity index (χ0n) is 32.1. The molecule has 0 saturated heterocycles. The van der Waals surface area contributed by atoms with Crippen molar-refractivity contribution >= 4 is 32.6 Å². The Hall–Kier alpha value is -7.95. The molecule has 0 aliphatic rings. The molecule has 0 spiro atoms. The van der Waals surface area contributed by atoms with Crippen LogP contribution in [0.5, 0.6) is 0 Å². The molecule has 276 valence electrons. The molecule has 0 fully saturated rings. The Kier molecular flexibility index (Phi) is 8.45. The van der Waals surface area contributed by atoms with E-state index in [4.69, 9.17) is 15.0 Å². The molecular formula is C55H36N4. The lowest BCUT2D eigenvalue weighted by molar-refractivity contribution is 1.06. The van der Waals surface area contributed by atoms with Crippen LogP contribution in [0.1, 0.15) is 0 Å². The van der Waals surface area contributed by atoms with Gasteiger partial charge < -0.3 is 4.57 Å². The van der Waals surface area contributed by atoms with Gasteiger partial charge >= 0.3 is 0 Å². The number of hydrogen-bond donors (Lipinski definition) is 0. The van der Waals surface area contributed by atoms with E-state index in [2.05, 4.69) is 217 Å². The van der Waals surface area contributed by atoms with Crippen molar-refractivity contribution in [1.82, 2.24) is 19.5 Å². The number of aromatic nitrogens is 4. The SMILES string of the molecule is c1ccc(-c2ccc(-c3nc(-c4ccc(-c5ccc6ccccc6c5)cc4)nc(-c4ccc(-c5ccccc5)cc4-n4c5ccccc5c5ccccc54)n3)cc2)cc1. The summed E-state index contributed by atoms with van der Waals surface area (Å²) in [6.07, 6.45) is 0. The van der Waals surface area contributed by atoms with Crippen molar-refractivity contribution < 1.29 is 0 Å². The smallest absolute Gasteiger partial charge is 0.166 e. The van der Waals surface area contributed by atoms with E-state index in [1.807, 2.05) is 6.07 Å². The summed E-state index contributed by atoms with van der Waals surface area (Å²) in [6, 6.07) is 77.0. The average molecular weight is 753 g/mol. The van der Waals surface area contributed by atoms with Gasteiger partial charge in [-0.15, -0.1) is 0 Å². The lowest BCUT2D eigenvalue weighted by Gasteiger charge is -2.16. The molecule has 0 bridgehead atoms. The molecular weight excluding hydrogens is 717 g/mol. The molecule has 2 aromatic heterocycles. The molecule has 0 unspecified atom stereocenters. The summed E-state index contributed by atoms with van der Waals surface area (Å²) in [5, 5.41) is 4.84. The minimum Gasteiger partial charge on any atom is -0.308 e. The van der Waals surface area contributed by atoms with Crippen LogP contribution in [-0.4, -0.2) is 19.5 Å². The second-order valence-electron chi connectivity index (χ2n) is 14.9. The van der Waals surface area contributed by atoms with Crippen molar-refractivity contribution in [2.45, 2.75) is 0 Å². The Morgan fingerprint density at radius 2 is 0.678 bits per heavy atom. The van der Waals surface area contributed by atoms with Crippen LogP contribution in [0.25, 0.3) is 106 Å². The highest BCUT2D eigenvalue weighted by molar-refractivity contribution is 6.09. The fourth-order valence-electron chi connectivity index (χ4n) is 8.28. The maximum absolute atomic E-state index is 5.31. The fourth-order valence-corrected chi connectivity index (χ4v) is 8.28. The van der Waals surface area contributed by atoms with Gasteiger partial charge in [0.1, 0.15) is 0 Å². The van der Waals surface area contributed by atoms with E-state index < -0.39 is 0 Å². The van der Waals surface area contributed by atoms with Crippen LogP contribution in [-0.2, 0) is 0 Å². The van der Waals surface area contributed by atoms with E-state index in [0.29, 0.717) is 17.5 Å². The van der Waals surface area contributed by atoms with Crippen molar-refractivity contribution in [1.29, 1.82) is 0 Å². The first-order valence-corrected chi connectivity index (χ1v) is 19.9. The summed E-state index contributed by atoms with van der Waals surface area (Å²) < 4.78 is 2.36. The first-order valence-electron chi connectivity index (χ1n) is 19.9. The molecule has 0 aliphatic carbocycles. The van der Waals surface area contributed by atoms with E-state index in [1.54, 1.807) is 0 Å². The number of fused-ring (bicyclic) bond motifs is 4. The van der Waals surface area contributed by atoms with Crippen LogP contribution in [0.3, 0.4) is 0 Å². The Bertz CT molecular complexity index is 3240. The first kappa shape index (κ1) is 34.3. The van der Waals surface area contributed by atoms with Gasteiger partial charge in [0.25, 0.3) is 0 Å². The lowest BCUT2D eigenvalue weighted by Crippen LogP contribution is -2.04. The van der Waals surface area contributed by atoms with Gasteiger partial charge in [-0.2, -0.15) is 0 Å². The maximum Gasteiger partial charge on any atom is 0.166 e. The van der Waals surface area contributed by atoms with Crippen LogP contribution >= 0.6 is 0 Å². The van der Waals surface area contributed by atoms with Gasteiger partial charge in [-0.25, -0.2) is 15.0 Å². The molecule has 0 radical (unpaired) electrons. The van der Waals surface area contributed by atoms with Gasteiger partial charge in [-0.3, -0.25) is 0 Å². The van der Waals surface area contributed by atoms with Crippen LogP contribution < -0.4 is 0 Å². The summed E-state index contributed by atoms with van der Waals surface area (Å²) in [5.41, 5.74) is 12.8. The molecule has 2 heterocycles. The largest absolute Gasteiger partial charge is 0.308 e. The zero-order chi connectivity index (χ0) is 39.1. The van der Waals surface area contributed by atoms with E-state index in [1.165, 1.54) is 27.1 Å². The highest BCUT2D eigenvalue weighted by atomic mass is 15.1. The third kappa shape index (κ3) is 6.34. The van der Waals surface area contributed by atoms with Gasteiger partial charge in [-0.1, -0.05) is 188 Å². The van der Waals surface area contributed by atoms with E-state index >= 15 is 0 Å². The standard InChI is InChI=1S/C55H36N4/c1-3-13-37(14-4-1)40-23-28-42(29-24-40)53-56-54(43-30-25-41(26-31-43)45-32-27-39-17-7-8-18-44(39)35-45)58-55(57-53)49-34-33-46(38-15-5-2-6-16-38)36-52(49)59-50-21-11-9-19-47(50)48-20-10-12-22-51(48)59/h1-36H. The second-order valence-corrected chi connectivity index (χ2v) is 14.9. The fraction of sp³-hybridized carbons (Fsp3) is 0. The number of benzene rings is 9. The molecule has 11 rings (SSSR count). The van der Waals surface area contributed by atoms with Crippen LogP contribution in [0.15, 0.2) is 218 Å². The Balaban J connectivity index is 1.11. The summed E-state index contributed by atoms with van der Waals surface area (Å²) in [6.45, 7) is 0.